The third kappa shape index (κ3) is 20.7. The average molecular weight is 267 g/mol. The second-order valence-electron chi connectivity index (χ2n) is 0.0833. The zero-order chi connectivity index (χ0) is 2.71. The molecule has 0 aliphatic rings. The Morgan fingerprint density at radius 3 is 1.40 bits per heavy atom. The van der Waals surface area contributed by atoms with Gasteiger partial charge in [0, 0.05) is 21.7 Å². The molecule has 0 fully saturated rings. The first-order chi connectivity index (χ1) is 1.41. The van der Waals surface area contributed by atoms with E-state index in [1.165, 1.54) is 0 Å². The molecule has 0 aliphatic heterocycles. The summed E-state index contributed by atoms with van der Waals surface area (Å²) in [4.78, 5) is 0. The molecule has 0 aliphatic carbocycles. The van der Waals surface area contributed by atoms with Crippen LogP contribution < -0.4 is 0 Å². The van der Waals surface area contributed by atoms with Crippen molar-refractivity contribution in [2.45, 2.75) is 0 Å². The molecule has 0 radical (unpaired) electrons. The third-order valence-corrected chi connectivity index (χ3v) is 0. The topological polar surface area (TPSA) is 34.1 Å². The van der Waals surface area contributed by atoms with Crippen LogP contribution in [0.1, 0.15) is 2.85 Å². The van der Waals surface area contributed by atoms with Gasteiger partial charge in [0.05, 0.1) is 0 Å². The van der Waals surface area contributed by atoms with Gasteiger partial charge in [0.1, 0.15) is 0 Å². The van der Waals surface area contributed by atoms with E-state index in [4.69, 9.17) is 6.65 Å². The summed E-state index contributed by atoms with van der Waals surface area (Å²) < 4.78 is 17.0. The smallest absolute Gasteiger partial charge is 0 e. The van der Waals surface area contributed by atoms with Crippen LogP contribution >= 0.6 is 0 Å². The van der Waals surface area contributed by atoms with E-state index in [1.54, 1.807) is 0 Å². The fourth-order valence-corrected chi connectivity index (χ4v) is 0. The van der Waals surface area contributed by atoms with Crippen molar-refractivity contribution in [3.05, 3.63) is 0 Å². The summed E-state index contributed by atoms with van der Waals surface area (Å²) >= 11 is -2.00. The summed E-state index contributed by atoms with van der Waals surface area (Å²) in [5.74, 6) is 0. The second-order valence-corrected chi connectivity index (χ2v) is 0.344. The van der Waals surface area contributed by atoms with E-state index in [2.05, 4.69) is 0 Å². The Hall–Kier alpha value is 2.60. The molecular weight excluding hydrogens is 265 g/mol. The van der Waals surface area contributed by atoms with Crippen LogP contribution in [0.4, 0.5) is 0 Å². The van der Waals surface area contributed by atoms with E-state index in [9.17, 15) is 0 Å². The van der Waals surface area contributed by atoms with Gasteiger partial charge in [0.15, 0.2) is 0 Å². The molecule has 5 heavy (non-hydrogen) atoms. The van der Waals surface area contributed by atoms with Gasteiger partial charge in [-0.15, -0.1) is 0 Å². The van der Waals surface area contributed by atoms with Gasteiger partial charge in [-0.1, -0.05) is 0 Å². The van der Waals surface area contributed by atoms with E-state index in [0.717, 1.165) is 0 Å². The Morgan fingerprint density at radius 1 is 1.40 bits per heavy atom. The van der Waals surface area contributed by atoms with E-state index >= 15 is 0 Å². The summed E-state index contributed by atoms with van der Waals surface area (Å²) in [5.41, 5.74) is 0. The van der Waals surface area contributed by atoms with Gasteiger partial charge in [0.25, 0.3) is 0 Å². The largest absolute Gasteiger partial charge is 0 e. The van der Waals surface area contributed by atoms with Crippen LogP contribution in [0, 0.1) is 0 Å². The van der Waals surface area contributed by atoms with Crippen LogP contribution in [0.25, 0.3) is 0 Å². The van der Waals surface area contributed by atoms with Crippen molar-refractivity contribution in [1.82, 2.24) is 0 Å². The third-order valence-electron chi connectivity index (χ3n) is 0. The summed E-state index contributed by atoms with van der Waals surface area (Å²) in [6, 6.07) is 0. The number of hydrogen-bond donors (Lipinski definition) is 0. The van der Waals surface area contributed by atoms with Crippen molar-refractivity contribution in [3.8, 4) is 0 Å². The van der Waals surface area contributed by atoms with Gasteiger partial charge in [-0.05, 0) is 0 Å². The minimum atomic E-state index is -2.00. The molecule has 24 valence electrons. The van der Waals surface area contributed by atoms with Gasteiger partial charge in [-0.3, -0.25) is 0 Å². The molecule has 0 unspecified atom stereocenters. The predicted octanol–water partition coefficient (Wildman–Crippen LogP) is -0.398. The average Bonchev–Trinajstić information content (AvgIpc) is 0.918. The molecule has 2 nitrogen and oxygen atoms in total. The first-order valence-corrected chi connectivity index (χ1v) is 1.68. The number of hydrogen-bond acceptors (Lipinski definition) is 2. The van der Waals surface area contributed by atoms with E-state index in [-0.39, 0.29) is 73.5 Å². The van der Waals surface area contributed by atoms with Crippen molar-refractivity contribution in [3.63, 3.8) is 0 Å². The molecule has 0 saturated carbocycles. The molecule has 0 heterocycles. The minimum Gasteiger partial charge on any atom is 0 e. The molecule has 0 aromatic carbocycles. The van der Waals surface area contributed by atoms with Crippen molar-refractivity contribution in [2.75, 3.05) is 0 Å². The summed E-state index contributed by atoms with van der Waals surface area (Å²) in [6.07, 6.45) is 0. The Balaban J connectivity index is -0.00000000333. The van der Waals surface area contributed by atoms with Gasteiger partial charge in [0.2, 0.25) is 0 Å². The van der Waals surface area contributed by atoms with Crippen molar-refractivity contribution in [2.24, 2.45) is 0 Å². The molecule has 0 amide bonds. The van der Waals surface area contributed by atoms with E-state index in [1.807, 2.05) is 0 Å². The second kappa shape index (κ2) is 16.0. The quantitative estimate of drug-likeness (QED) is 0.560. The Labute approximate surface area is 97.0 Å². The first-order valence-electron chi connectivity index (χ1n) is 0.408. The van der Waals surface area contributed by atoms with Crippen LogP contribution in [-0.4, -0.2) is 48.9 Å². The van der Waals surface area contributed by atoms with Crippen LogP contribution in [0.5, 0.6) is 0 Å². The van der Waals surface area contributed by atoms with Crippen LogP contribution in [0.15, 0.2) is 0 Å². The zero-order valence-electron chi connectivity index (χ0n) is 4.52. The standard InChI is InChI=1S/Ba.2O.2Ti.2H/q+2;;;;;2*-1. The maximum atomic E-state index is 8.50. The van der Waals surface area contributed by atoms with Crippen LogP contribution in [-0.2, 0) is 47.5 Å². The molecule has 0 N–H and O–H groups in total. The van der Waals surface area contributed by atoms with Crippen molar-refractivity contribution in [1.29, 1.82) is 0 Å². The summed E-state index contributed by atoms with van der Waals surface area (Å²) in [5, 5.41) is 0. The van der Waals surface area contributed by atoms with Crippen LogP contribution in [0.2, 0.25) is 0 Å². The summed E-state index contributed by atoms with van der Waals surface area (Å²) in [7, 11) is 0. The first kappa shape index (κ1) is 15.6. The van der Waals surface area contributed by atoms with Gasteiger partial charge >= 0.3 is 74.6 Å². The van der Waals surface area contributed by atoms with Crippen molar-refractivity contribution < 1.29 is 50.3 Å². The van der Waals surface area contributed by atoms with Gasteiger partial charge in [-0.2, -0.15) is 0 Å². The molecule has 0 atom stereocenters. The molecule has 0 saturated heterocycles. The maximum Gasteiger partial charge on any atom is 0 e. The van der Waals surface area contributed by atoms with Crippen LogP contribution in [0.3, 0.4) is 0 Å². The molecule has 5 heteroatoms. The summed E-state index contributed by atoms with van der Waals surface area (Å²) in [6.45, 7) is 0. The molecule has 0 bridgehead atoms. The van der Waals surface area contributed by atoms with Crippen molar-refractivity contribution >= 4 is 48.9 Å². The number of rotatable bonds is 0. The normalized spacial score (nSPS) is 1.60. The monoisotopic (exact) mass is 268 g/mol. The minimum absolute atomic E-state index is 0. The molecular formula is H2BaO2Ti2. The Kier molecular flexibility index (Phi) is 50.0. The molecule has 0 aromatic heterocycles. The van der Waals surface area contributed by atoms with Gasteiger partial charge < -0.3 is 2.85 Å². The molecule has 0 spiro atoms. The van der Waals surface area contributed by atoms with Gasteiger partial charge in [-0.25, -0.2) is 0 Å². The fraction of sp³-hybridized carbons (Fsp3) is 0. The Bertz CT molecular complexity index is 34.7. The van der Waals surface area contributed by atoms with E-state index in [0.29, 0.717) is 0 Å². The maximum absolute atomic E-state index is 8.50. The molecule has 0 aromatic rings. The fourth-order valence-electron chi connectivity index (χ4n) is 0. The SMILES string of the molecule is [Ba+2].[H-].[H-].[O]=[Ti]=[O].[Ti]. The van der Waals surface area contributed by atoms with E-state index < -0.39 is 19.1 Å². The Morgan fingerprint density at radius 2 is 1.40 bits per heavy atom. The zero-order valence-corrected chi connectivity index (χ0v) is 10.1. The predicted molar refractivity (Wildman–Crippen MR) is 9.35 cm³/mol. The molecule has 0 rings (SSSR count).